The molecule has 0 spiro atoms. The summed E-state index contributed by atoms with van der Waals surface area (Å²) < 4.78 is 7.07. The summed E-state index contributed by atoms with van der Waals surface area (Å²) in [6.07, 6.45) is 16.6. The lowest BCUT2D eigenvalue weighted by molar-refractivity contribution is 0.0367. The van der Waals surface area contributed by atoms with Crippen molar-refractivity contribution in [1.82, 2.24) is 0 Å². The second kappa shape index (κ2) is 15.0. The highest BCUT2D eigenvalue weighted by molar-refractivity contribution is 6.99. The van der Waals surface area contributed by atoms with Gasteiger partial charge in [0, 0.05) is 12.5 Å². The normalized spacial score (nSPS) is 23.6. The van der Waals surface area contributed by atoms with Crippen LogP contribution in [0.2, 0.25) is 5.04 Å². The maximum Gasteiger partial charge on any atom is 0.261 e. The molecule has 2 aromatic carbocycles. The molecule has 2 aliphatic carbocycles. The number of unbranched alkanes of at least 4 members (excludes halogenated alkanes) is 5. The summed E-state index contributed by atoms with van der Waals surface area (Å²) in [5, 5.41) is 24.3. The van der Waals surface area contributed by atoms with Crippen LogP contribution in [-0.2, 0) is 4.43 Å². The minimum atomic E-state index is -2.46. The van der Waals surface area contributed by atoms with Gasteiger partial charge in [0.15, 0.2) is 0 Å². The molecular weight excluding hydrogens is 520 g/mol. The van der Waals surface area contributed by atoms with Gasteiger partial charge in [-0.25, -0.2) is 0 Å². The lowest BCUT2D eigenvalue weighted by atomic mass is 9.85. The first-order chi connectivity index (χ1) is 19.8. The fourth-order valence-electron chi connectivity index (χ4n) is 7.49. The van der Waals surface area contributed by atoms with Crippen molar-refractivity contribution < 1.29 is 14.6 Å². The molecule has 4 rings (SSSR count). The molecule has 0 bridgehead atoms. The number of fused-ring (bicyclic) bond motifs is 1. The Bertz CT molecular complexity index is 1060. The fourth-order valence-corrected chi connectivity index (χ4v) is 12.1. The zero-order valence-corrected chi connectivity index (χ0v) is 27.0. The molecule has 0 amide bonds. The molecule has 3 nitrogen and oxygen atoms in total. The van der Waals surface area contributed by atoms with Crippen LogP contribution in [0.3, 0.4) is 0 Å². The second-order valence-corrected chi connectivity index (χ2v) is 17.8. The van der Waals surface area contributed by atoms with E-state index in [-0.39, 0.29) is 11.0 Å². The first-order valence-electron chi connectivity index (χ1n) is 16.2. The van der Waals surface area contributed by atoms with E-state index < -0.39 is 20.5 Å². The largest absolute Gasteiger partial charge is 0.407 e. The SMILES string of the molecule is CCCCC/C=C/[C@@H](O)[C@@H]1[C@H]2CC(CCCCCO[Si](c3ccccc3)(c3ccccc3)C(C)(C)C)=C[C@H]2C[C@H]1O. The molecule has 2 aliphatic rings. The second-order valence-electron chi connectivity index (χ2n) is 13.5. The van der Waals surface area contributed by atoms with Gasteiger partial charge >= 0.3 is 0 Å². The van der Waals surface area contributed by atoms with Crippen LogP contribution in [0.1, 0.15) is 91.9 Å². The summed E-state index contributed by atoms with van der Waals surface area (Å²) in [4.78, 5) is 0. The van der Waals surface area contributed by atoms with E-state index in [0.717, 1.165) is 45.1 Å². The minimum absolute atomic E-state index is 0.0124. The van der Waals surface area contributed by atoms with E-state index in [1.54, 1.807) is 0 Å². The summed E-state index contributed by atoms with van der Waals surface area (Å²) in [6, 6.07) is 21.8. The summed E-state index contributed by atoms with van der Waals surface area (Å²) in [5.74, 6) is 0.774. The number of allylic oxidation sites excluding steroid dienone is 3. The van der Waals surface area contributed by atoms with E-state index >= 15 is 0 Å². The van der Waals surface area contributed by atoms with Crippen LogP contribution < -0.4 is 10.4 Å². The highest BCUT2D eigenvalue weighted by atomic mass is 28.4. The number of hydrogen-bond donors (Lipinski definition) is 2. The molecule has 2 N–H and O–H groups in total. The van der Waals surface area contributed by atoms with Crippen LogP contribution in [0.5, 0.6) is 0 Å². The molecule has 0 radical (unpaired) electrons. The molecule has 0 saturated heterocycles. The first kappa shape index (κ1) is 31.9. The maximum absolute atomic E-state index is 10.9. The quantitative estimate of drug-likeness (QED) is 0.131. The molecular formula is C37H54O3Si. The highest BCUT2D eigenvalue weighted by Crippen LogP contribution is 2.49. The Morgan fingerprint density at radius 3 is 2.20 bits per heavy atom. The van der Waals surface area contributed by atoms with E-state index in [1.807, 2.05) is 6.08 Å². The van der Waals surface area contributed by atoms with Crippen LogP contribution >= 0.6 is 0 Å². The Hall–Kier alpha value is -1.98. The zero-order chi connectivity index (χ0) is 29.3. The van der Waals surface area contributed by atoms with E-state index in [4.69, 9.17) is 4.43 Å². The van der Waals surface area contributed by atoms with Crippen molar-refractivity contribution in [3.63, 3.8) is 0 Å². The summed E-state index contributed by atoms with van der Waals surface area (Å²) in [5.41, 5.74) is 1.53. The van der Waals surface area contributed by atoms with E-state index in [1.165, 1.54) is 41.6 Å². The predicted molar refractivity (Wildman–Crippen MR) is 175 cm³/mol. The number of hydrogen-bond acceptors (Lipinski definition) is 3. The average molecular weight is 575 g/mol. The third kappa shape index (κ3) is 7.70. The molecule has 0 heterocycles. The van der Waals surface area contributed by atoms with Gasteiger partial charge in [-0.05, 0) is 72.2 Å². The van der Waals surface area contributed by atoms with Gasteiger partial charge in [0.1, 0.15) is 0 Å². The summed E-state index contributed by atoms with van der Waals surface area (Å²) in [7, 11) is -2.46. The minimum Gasteiger partial charge on any atom is -0.407 e. The standard InChI is InChI=1S/C37H54O3Si/c1-5-6-7-8-17-24-34(38)36-33-27-29(26-30(33)28-35(36)39)19-12-11-18-25-40-41(37(2,3)4,31-20-13-9-14-21-31)32-22-15-10-16-23-32/h9-10,13-17,20-24,26,30,33-36,38-39H,5-8,11-12,18-19,25,27-28H2,1-4H3/b24-17+/t30-,33-,34+,35+,36-/m0/s1. The molecule has 2 aromatic rings. The number of aliphatic hydroxyl groups excluding tert-OH is 2. The van der Waals surface area contributed by atoms with Gasteiger partial charge in [0.05, 0.1) is 12.2 Å². The monoisotopic (exact) mass is 574 g/mol. The fraction of sp³-hybridized carbons (Fsp3) is 0.568. The maximum atomic E-state index is 10.9. The van der Waals surface area contributed by atoms with Crippen LogP contribution in [0, 0.1) is 17.8 Å². The lowest BCUT2D eigenvalue weighted by Crippen LogP contribution is -2.66. The molecule has 0 aliphatic heterocycles. The zero-order valence-electron chi connectivity index (χ0n) is 26.0. The molecule has 0 aromatic heterocycles. The topological polar surface area (TPSA) is 49.7 Å². The van der Waals surface area contributed by atoms with Crippen LogP contribution in [0.15, 0.2) is 84.5 Å². The third-order valence-electron chi connectivity index (χ3n) is 9.53. The summed E-state index contributed by atoms with van der Waals surface area (Å²) >= 11 is 0. The van der Waals surface area contributed by atoms with Crippen molar-refractivity contribution in [2.45, 2.75) is 109 Å². The first-order valence-corrected chi connectivity index (χ1v) is 18.2. The molecule has 1 fully saturated rings. The van der Waals surface area contributed by atoms with Gasteiger partial charge in [-0.1, -0.05) is 131 Å². The summed E-state index contributed by atoms with van der Waals surface area (Å²) in [6.45, 7) is 10.0. The van der Waals surface area contributed by atoms with Crippen molar-refractivity contribution in [2.24, 2.45) is 17.8 Å². The lowest BCUT2D eigenvalue weighted by Gasteiger charge is -2.43. The van der Waals surface area contributed by atoms with Gasteiger partial charge in [-0.3, -0.25) is 0 Å². The highest BCUT2D eigenvalue weighted by Gasteiger charge is 2.50. The Morgan fingerprint density at radius 2 is 1.59 bits per heavy atom. The Kier molecular flexibility index (Phi) is 11.7. The van der Waals surface area contributed by atoms with Crippen molar-refractivity contribution in [3.05, 3.63) is 84.5 Å². The van der Waals surface area contributed by atoms with E-state index in [2.05, 4.69) is 101 Å². The van der Waals surface area contributed by atoms with Crippen molar-refractivity contribution >= 4 is 18.7 Å². The van der Waals surface area contributed by atoms with Crippen LogP contribution in [0.25, 0.3) is 0 Å². The molecule has 224 valence electrons. The Balaban J connectivity index is 1.28. The number of aliphatic hydroxyl groups is 2. The number of benzene rings is 2. The smallest absolute Gasteiger partial charge is 0.261 e. The van der Waals surface area contributed by atoms with Crippen molar-refractivity contribution in [1.29, 1.82) is 0 Å². The molecule has 1 saturated carbocycles. The molecule has 5 atom stereocenters. The van der Waals surface area contributed by atoms with Crippen molar-refractivity contribution in [3.8, 4) is 0 Å². The predicted octanol–water partition coefficient (Wildman–Crippen LogP) is 7.56. The molecule has 0 unspecified atom stereocenters. The van der Waals surface area contributed by atoms with Gasteiger partial charge in [0.25, 0.3) is 8.32 Å². The van der Waals surface area contributed by atoms with Gasteiger partial charge in [-0.15, -0.1) is 0 Å². The van der Waals surface area contributed by atoms with Crippen LogP contribution in [0.4, 0.5) is 0 Å². The van der Waals surface area contributed by atoms with E-state index in [9.17, 15) is 10.2 Å². The average Bonchev–Trinajstić information content (AvgIpc) is 3.48. The Morgan fingerprint density at radius 1 is 0.927 bits per heavy atom. The molecule has 41 heavy (non-hydrogen) atoms. The van der Waals surface area contributed by atoms with Crippen molar-refractivity contribution in [2.75, 3.05) is 6.61 Å². The Labute approximate surface area is 250 Å². The van der Waals surface area contributed by atoms with Gasteiger partial charge < -0.3 is 14.6 Å². The van der Waals surface area contributed by atoms with E-state index in [0.29, 0.717) is 11.8 Å². The number of rotatable bonds is 15. The van der Waals surface area contributed by atoms with Gasteiger partial charge in [0.2, 0.25) is 0 Å². The van der Waals surface area contributed by atoms with Crippen LogP contribution in [-0.4, -0.2) is 37.3 Å². The third-order valence-corrected chi connectivity index (χ3v) is 14.6. The van der Waals surface area contributed by atoms with Gasteiger partial charge in [-0.2, -0.15) is 0 Å². The molecule has 4 heteroatoms.